The molecular weight excluding hydrogens is 447 g/mol. The Morgan fingerprint density at radius 3 is 2.68 bits per heavy atom. The summed E-state index contributed by atoms with van der Waals surface area (Å²) in [4.78, 5) is 36.9. The molecule has 31 heavy (non-hydrogen) atoms. The van der Waals surface area contributed by atoms with Gasteiger partial charge in [-0.1, -0.05) is 30.1 Å². The molecule has 11 nitrogen and oxygen atoms in total. The van der Waals surface area contributed by atoms with E-state index in [1.54, 1.807) is 10.9 Å². The van der Waals surface area contributed by atoms with Crippen molar-refractivity contribution >= 4 is 34.4 Å². The number of imidazole rings is 1. The van der Waals surface area contributed by atoms with E-state index in [0.29, 0.717) is 42.7 Å². The van der Waals surface area contributed by atoms with Crippen LogP contribution in [0.3, 0.4) is 0 Å². The molecule has 4 rings (SSSR count). The van der Waals surface area contributed by atoms with Crippen LogP contribution < -0.4 is 11.2 Å². The van der Waals surface area contributed by atoms with E-state index in [2.05, 4.69) is 25.2 Å². The fourth-order valence-corrected chi connectivity index (χ4v) is 3.60. The maximum atomic E-state index is 12.9. The minimum atomic E-state index is -0.450. The molecule has 4 aromatic heterocycles. The molecule has 0 amide bonds. The van der Waals surface area contributed by atoms with Crippen LogP contribution in [0.2, 0.25) is 10.3 Å². The summed E-state index contributed by atoms with van der Waals surface area (Å²) in [6.07, 6.45) is 5.74. The molecule has 4 heterocycles. The lowest BCUT2D eigenvalue weighted by atomic mass is 10.3. The molecular formula is C18H20Cl2N8O3. The Kier molecular flexibility index (Phi) is 6.23. The van der Waals surface area contributed by atoms with Gasteiger partial charge in [-0.05, 0) is 24.4 Å². The second-order valence-electron chi connectivity index (χ2n) is 7.03. The van der Waals surface area contributed by atoms with Crippen molar-refractivity contribution in [2.24, 2.45) is 0 Å². The average molecular weight is 467 g/mol. The molecule has 4 aromatic rings. The molecule has 1 N–H and O–H groups in total. The number of fused-ring (bicyclic) bond motifs is 1. The minimum absolute atomic E-state index is 0.0753. The number of aryl methyl sites for hydroxylation is 2. The lowest BCUT2D eigenvalue weighted by Crippen LogP contribution is -2.40. The molecule has 0 spiro atoms. The highest BCUT2D eigenvalue weighted by molar-refractivity contribution is 6.30. The number of aromatic amines is 1. The molecule has 0 fully saturated rings. The van der Waals surface area contributed by atoms with Gasteiger partial charge in [0.2, 0.25) is 11.2 Å². The molecule has 0 aromatic carbocycles. The van der Waals surface area contributed by atoms with Crippen molar-refractivity contribution < 1.29 is 4.52 Å². The second kappa shape index (κ2) is 9.06. The number of H-pyrrole nitrogens is 1. The van der Waals surface area contributed by atoms with Crippen molar-refractivity contribution in [1.82, 2.24) is 39.0 Å². The zero-order valence-corrected chi connectivity index (χ0v) is 18.2. The van der Waals surface area contributed by atoms with E-state index in [4.69, 9.17) is 27.7 Å². The molecule has 164 valence electrons. The standard InChI is InChI=1S/C18H20Cl2N8O3/c1-2-3-6-27-15-14(23-17(20)24-15)16(29)28(18(27)30)7-4-5-13-22-12(25-31-13)10-26-9-11(19)8-21-26/h8-9H,2-7,10H2,1H3,(H,23,24). The number of hydrogen-bond donors (Lipinski definition) is 1. The van der Waals surface area contributed by atoms with Gasteiger partial charge in [-0.3, -0.25) is 18.6 Å². The number of aromatic nitrogens is 8. The van der Waals surface area contributed by atoms with Crippen molar-refractivity contribution in [2.45, 2.75) is 52.2 Å². The fourth-order valence-electron chi connectivity index (χ4n) is 3.27. The highest BCUT2D eigenvalue weighted by atomic mass is 35.5. The Morgan fingerprint density at radius 1 is 1.13 bits per heavy atom. The summed E-state index contributed by atoms with van der Waals surface area (Å²) in [5.74, 6) is 0.876. The van der Waals surface area contributed by atoms with E-state index in [-0.39, 0.29) is 23.0 Å². The van der Waals surface area contributed by atoms with Crippen molar-refractivity contribution in [3.63, 3.8) is 0 Å². The molecule has 0 saturated carbocycles. The fraction of sp³-hybridized carbons (Fsp3) is 0.444. The van der Waals surface area contributed by atoms with Crippen LogP contribution >= 0.6 is 23.2 Å². The number of hydrogen-bond acceptors (Lipinski definition) is 7. The maximum absolute atomic E-state index is 12.9. The molecule has 0 aliphatic heterocycles. The van der Waals surface area contributed by atoms with E-state index >= 15 is 0 Å². The van der Waals surface area contributed by atoms with Crippen LogP contribution in [0.4, 0.5) is 0 Å². The molecule has 0 unspecified atom stereocenters. The van der Waals surface area contributed by atoms with Gasteiger partial charge in [0.25, 0.3) is 5.56 Å². The first-order chi connectivity index (χ1) is 15.0. The first-order valence-electron chi connectivity index (χ1n) is 9.84. The average Bonchev–Trinajstić information content (AvgIpc) is 3.45. The van der Waals surface area contributed by atoms with Crippen LogP contribution in [0.5, 0.6) is 0 Å². The van der Waals surface area contributed by atoms with Gasteiger partial charge in [-0.25, -0.2) is 4.79 Å². The van der Waals surface area contributed by atoms with Gasteiger partial charge in [0.1, 0.15) is 6.54 Å². The van der Waals surface area contributed by atoms with Crippen LogP contribution in [0, 0.1) is 0 Å². The van der Waals surface area contributed by atoms with Gasteiger partial charge in [-0.15, -0.1) is 0 Å². The zero-order chi connectivity index (χ0) is 22.0. The van der Waals surface area contributed by atoms with Crippen molar-refractivity contribution in [3.05, 3.63) is 55.3 Å². The lowest BCUT2D eigenvalue weighted by Gasteiger charge is -2.10. The Bertz CT molecular complexity index is 1320. The van der Waals surface area contributed by atoms with E-state index < -0.39 is 11.2 Å². The van der Waals surface area contributed by atoms with Crippen molar-refractivity contribution in [2.75, 3.05) is 0 Å². The number of unbranched alkanes of at least 4 members (excludes halogenated alkanes) is 1. The highest BCUT2D eigenvalue weighted by Gasteiger charge is 2.17. The summed E-state index contributed by atoms with van der Waals surface area (Å²) in [6, 6.07) is 0. The van der Waals surface area contributed by atoms with E-state index in [1.807, 2.05) is 6.92 Å². The SMILES string of the molecule is CCCCn1c(=O)n(CCCc2nc(Cn3cc(Cl)cn3)no2)c(=O)c2[nH]c(Cl)nc21. The molecule has 0 aliphatic carbocycles. The summed E-state index contributed by atoms with van der Waals surface area (Å²) in [6.45, 7) is 3.01. The summed E-state index contributed by atoms with van der Waals surface area (Å²) in [5, 5.41) is 8.59. The number of nitrogens with zero attached hydrogens (tertiary/aromatic N) is 7. The zero-order valence-electron chi connectivity index (χ0n) is 16.7. The Morgan fingerprint density at radius 2 is 1.94 bits per heavy atom. The molecule has 0 atom stereocenters. The summed E-state index contributed by atoms with van der Waals surface area (Å²) >= 11 is 11.8. The van der Waals surface area contributed by atoms with Crippen molar-refractivity contribution in [1.29, 1.82) is 0 Å². The largest absolute Gasteiger partial charge is 0.339 e. The molecule has 0 bridgehead atoms. The quantitative estimate of drug-likeness (QED) is 0.374. The second-order valence-corrected chi connectivity index (χ2v) is 7.83. The van der Waals surface area contributed by atoms with Crippen LogP contribution in [0.25, 0.3) is 11.2 Å². The number of rotatable bonds is 9. The summed E-state index contributed by atoms with van der Waals surface area (Å²) < 4.78 is 9.53. The Hall–Kier alpha value is -2.92. The molecule has 0 radical (unpaired) electrons. The normalized spacial score (nSPS) is 11.6. The van der Waals surface area contributed by atoms with Gasteiger partial charge >= 0.3 is 5.69 Å². The van der Waals surface area contributed by atoms with Crippen LogP contribution in [0.1, 0.15) is 37.9 Å². The summed E-state index contributed by atoms with van der Waals surface area (Å²) in [7, 11) is 0. The first-order valence-corrected chi connectivity index (χ1v) is 10.6. The van der Waals surface area contributed by atoms with Gasteiger partial charge in [-0.2, -0.15) is 15.1 Å². The predicted octanol–water partition coefficient (Wildman–Crippen LogP) is 2.25. The van der Waals surface area contributed by atoms with Crippen LogP contribution in [0.15, 0.2) is 26.5 Å². The van der Waals surface area contributed by atoms with E-state index in [0.717, 1.165) is 12.8 Å². The Balaban J connectivity index is 1.49. The van der Waals surface area contributed by atoms with Crippen LogP contribution in [-0.4, -0.2) is 39.0 Å². The third kappa shape index (κ3) is 4.57. The third-order valence-corrected chi connectivity index (χ3v) is 5.13. The monoisotopic (exact) mass is 466 g/mol. The van der Waals surface area contributed by atoms with Crippen molar-refractivity contribution in [3.8, 4) is 0 Å². The summed E-state index contributed by atoms with van der Waals surface area (Å²) in [5.41, 5.74) is -0.353. The van der Waals surface area contributed by atoms with Crippen LogP contribution in [-0.2, 0) is 26.1 Å². The minimum Gasteiger partial charge on any atom is -0.339 e. The molecule has 0 aliphatic rings. The number of nitrogens with one attached hydrogen (secondary N) is 1. The number of halogens is 2. The third-order valence-electron chi connectivity index (χ3n) is 4.76. The lowest BCUT2D eigenvalue weighted by molar-refractivity contribution is 0.364. The Labute approximate surface area is 185 Å². The smallest absolute Gasteiger partial charge is 0.332 e. The van der Waals surface area contributed by atoms with Gasteiger partial charge in [0, 0.05) is 25.7 Å². The highest BCUT2D eigenvalue weighted by Crippen LogP contribution is 2.11. The molecule has 13 heteroatoms. The van der Waals surface area contributed by atoms with Gasteiger partial charge < -0.3 is 9.51 Å². The van der Waals surface area contributed by atoms with E-state index in [1.165, 1.54) is 15.3 Å². The first kappa shape index (κ1) is 21.3. The molecule has 0 saturated heterocycles. The van der Waals surface area contributed by atoms with Gasteiger partial charge in [0.05, 0.1) is 11.2 Å². The van der Waals surface area contributed by atoms with E-state index in [9.17, 15) is 9.59 Å². The maximum Gasteiger partial charge on any atom is 0.332 e. The van der Waals surface area contributed by atoms with Gasteiger partial charge in [0.15, 0.2) is 17.0 Å². The predicted molar refractivity (Wildman–Crippen MR) is 113 cm³/mol. The topological polar surface area (TPSA) is 129 Å².